The van der Waals surface area contributed by atoms with Crippen molar-refractivity contribution in [3.63, 3.8) is 0 Å². The monoisotopic (exact) mass is 220 g/mol. The molecule has 1 aromatic carbocycles. The van der Waals surface area contributed by atoms with E-state index in [1.165, 1.54) is 12.1 Å². The average molecular weight is 220 g/mol. The molecule has 2 nitrogen and oxygen atoms in total. The lowest BCUT2D eigenvalue weighted by Gasteiger charge is -2.12. The van der Waals surface area contributed by atoms with Gasteiger partial charge in [0.25, 0.3) is 0 Å². The van der Waals surface area contributed by atoms with Crippen LogP contribution in [0, 0.1) is 23.1 Å². The predicted octanol–water partition coefficient (Wildman–Crippen LogP) is 3.03. The van der Waals surface area contributed by atoms with Gasteiger partial charge in [-0.3, -0.25) is 5.32 Å². The Morgan fingerprint density at radius 1 is 1.44 bits per heavy atom. The zero-order valence-corrected chi connectivity index (χ0v) is 9.70. The van der Waals surface area contributed by atoms with Gasteiger partial charge in [0.15, 0.2) is 0 Å². The summed E-state index contributed by atoms with van der Waals surface area (Å²) in [5.41, 5.74) is 0.686. The van der Waals surface area contributed by atoms with Crippen molar-refractivity contribution in [2.75, 3.05) is 6.54 Å². The van der Waals surface area contributed by atoms with E-state index in [1.54, 1.807) is 12.1 Å². The third kappa shape index (κ3) is 4.00. The summed E-state index contributed by atoms with van der Waals surface area (Å²) in [5.74, 6) is 0.294. The fraction of sp³-hybridized carbons (Fsp3) is 0.462. The highest BCUT2D eigenvalue weighted by Gasteiger charge is 2.09. The zero-order chi connectivity index (χ0) is 12.0. The number of halogens is 1. The third-order valence-electron chi connectivity index (χ3n) is 2.38. The van der Waals surface area contributed by atoms with E-state index in [4.69, 9.17) is 5.26 Å². The zero-order valence-electron chi connectivity index (χ0n) is 9.70. The summed E-state index contributed by atoms with van der Waals surface area (Å²) < 4.78 is 13.0. The van der Waals surface area contributed by atoms with Gasteiger partial charge in [0.05, 0.1) is 6.07 Å². The Kier molecular flexibility index (Phi) is 4.94. The molecule has 0 saturated heterocycles. The summed E-state index contributed by atoms with van der Waals surface area (Å²) in [6, 6.07) is 7.89. The number of nitrogens with zero attached hydrogens (tertiary/aromatic N) is 1. The lowest BCUT2D eigenvalue weighted by Crippen LogP contribution is -2.22. The minimum atomic E-state index is -0.422. The summed E-state index contributed by atoms with van der Waals surface area (Å²) in [6.07, 6.45) is 1.01. The minimum Gasteiger partial charge on any atom is -0.298 e. The van der Waals surface area contributed by atoms with Crippen molar-refractivity contribution in [1.29, 1.82) is 5.26 Å². The number of hydrogen-bond donors (Lipinski definition) is 1. The molecule has 0 aliphatic rings. The van der Waals surface area contributed by atoms with E-state index in [9.17, 15) is 4.39 Å². The molecule has 1 atom stereocenters. The van der Waals surface area contributed by atoms with Crippen LogP contribution in [0.3, 0.4) is 0 Å². The molecule has 1 N–H and O–H groups in total. The maximum absolute atomic E-state index is 13.0. The summed E-state index contributed by atoms with van der Waals surface area (Å²) in [5, 5.41) is 12.1. The fourth-order valence-electron chi connectivity index (χ4n) is 1.44. The summed E-state index contributed by atoms with van der Waals surface area (Å²) >= 11 is 0. The molecule has 3 heteroatoms. The molecule has 16 heavy (non-hydrogen) atoms. The van der Waals surface area contributed by atoms with Crippen molar-refractivity contribution in [2.45, 2.75) is 26.3 Å². The lowest BCUT2D eigenvalue weighted by atomic mass is 10.1. The van der Waals surface area contributed by atoms with Gasteiger partial charge in [0.1, 0.15) is 11.9 Å². The second-order valence-electron chi connectivity index (χ2n) is 4.25. The minimum absolute atomic E-state index is 0.302. The third-order valence-corrected chi connectivity index (χ3v) is 2.38. The molecule has 0 bridgehead atoms. The van der Waals surface area contributed by atoms with Gasteiger partial charge in [-0.05, 0) is 36.6 Å². The molecule has 1 unspecified atom stereocenters. The molecule has 0 saturated carbocycles. The van der Waals surface area contributed by atoms with E-state index in [2.05, 4.69) is 25.2 Å². The van der Waals surface area contributed by atoms with Crippen molar-refractivity contribution in [3.8, 4) is 6.07 Å². The molecule has 0 heterocycles. The highest BCUT2D eigenvalue weighted by atomic mass is 19.1. The molecule has 0 spiro atoms. The number of benzene rings is 1. The molecular formula is C13H17FN2. The molecule has 0 aliphatic carbocycles. The highest BCUT2D eigenvalue weighted by Crippen LogP contribution is 2.13. The van der Waals surface area contributed by atoms with Crippen LogP contribution in [-0.4, -0.2) is 6.54 Å². The quantitative estimate of drug-likeness (QED) is 0.828. The Balaban J connectivity index is 2.58. The van der Waals surface area contributed by atoms with Crippen LogP contribution in [0.25, 0.3) is 0 Å². The predicted molar refractivity (Wildman–Crippen MR) is 62.2 cm³/mol. The molecular weight excluding hydrogens is 203 g/mol. The van der Waals surface area contributed by atoms with Crippen molar-refractivity contribution >= 4 is 0 Å². The van der Waals surface area contributed by atoms with Crippen molar-refractivity contribution < 1.29 is 4.39 Å². The van der Waals surface area contributed by atoms with Crippen molar-refractivity contribution in [1.82, 2.24) is 5.32 Å². The molecule has 0 amide bonds. The Morgan fingerprint density at radius 3 is 2.75 bits per heavy atom. The van der Waals surface area contributed by atoms with Gasteiger partial charge in [0.2, 0.25) is 0 Å². The second kappa shape index (κ2) is 6.24. The lowest BCUT2D eigenvalue weighted by molar-refractivity contribution is 0.517. The van der Waals surface area contributed by atoms with Gasteiger partial charge in [0, 0.05) is 0 Å². The topological polar surface area (TPSA) is 35.8 Å². The van der Waals surface area contributed by atoms with Gasteiger partial charge < -0.3 is 0 Å². The van der Waals surface area contributed by atoms with Crippen LogP contribution >= 0.6 is 0 Å². The van der Waals surface area contributed by atoms with Gasteiger partial charge in [-0.2, -0.15) is 5.26 Å². The first-order valence-electron chi connectivity index (χ1n) is 5.52. The normalized spacial score (nSPS) is 12.4. The van der Waals surface area contributed by atoms with Gasteiger partial charge in [-0.1, -0.05) is 26.0 Å². The number of nitrogens with one attached hydrogen (secondary N) is 1. The fourth-order valence-corrected chi connectivity index (χ4v) is 1.44. The molecule has 1 rings (SSSR count). The second-order valence-corrected chi connectivity index (χ2v) is 4.25. The maximum atomic E-state index is 13.0. The first-order chi connectivity index (χ1) is 7.63. The van der Waals surface area contributed by atoms with Crippen molar-refractivity contribution in [2.24, 2.45) is 5.92 Å². The Hall–Kier alpha value is -1.40. The van der Waals surface area contributed by atoms with Crippen LogP contribution in [0.5, 0.6) is 0 Å². The molecule has 86 valence electrons. The maximum Gasteiger partial charge on any atom is 0.123 e. The van der Waals surface area contributed by atoms with Gasteiger partial charge in [-0.25, -0.2) is 4.39 Å². The molecule has 0 aliphatic heterocycles. The Labute approximate surface area is 96.1 Å². The Morgan fingerprint density at radius 2 is 2.19 bits per heavy atom. The smallest absolute Gasteiger partial charge is 0.123 e. The van der Waals surface area contributed by atoms with E-state index in [0.29, 0.717) is 11.5 Å². The summed E-state index contributed by atoms with van der Waals surface area (Å²) in [7, 11) is 0. The number of nitriles is 1. The molecule has 1 aromatic rings. The first kappa shape index (κ1) is 12.7. The van der Waals surface area contributed by atoms with Crippen molar-refractivity contribution in [3.05, 3.63) is 35.6 Å². The van der Waals surface area contributed by atoms with Crippen LogP contribution in [0.2, 0.25) is 0 Å². The highest BCUT2D eigenvalue weighted by molar-refractivity contribution is 5.24. The van der Waals surface area contributed by atoms with E-state index in [-0.39, 0.29) is 5.82 Å². The SMILES string of the molecule is CC(C)CCNC(C#N)c1cccc(F)c1. The summed E-state index contributed by atoms with van der Waals surface area (Å²) in [4.78, 5) is 0. The van der Waals surface area contributed by atoms with E-state index >= 15 is 0 Å². The van der Waals surface area contributed by atoms with E-state index in [1.807, 2.05) is 0 Å². The number of hydrogen-bond acceptors (Lipinski definition) is 2. The van der Waals surface area contributed by atoms with Crippen LogP contribution in [-0.2, 0) is 0 Å². The van der Waals surface area contributed by atoms with Crippen LogP contribution in [0.1, 0.15) is 31.9 Å². The van der Waals surface area contributed by atoms with E-state index < -0.39 is 6.04 Å². The van der Waals surface area contributed by atoms with Crippen LogP contribution in [0.4, 0.5) is 4.39 Å². The van der Waals surface area contributed by atoms with Crippen LogP contribution < -0.4 is 5.32 Å². The number of rotatable bonds is 5. The standard InChI is InChI=1S/C13H17FN2/c1-10(2)6-7-16-13(9-15)11-4-3-5-12(14)8-11/h3-5,8,10,13,16H,6-7H2,1-2H3. The summed E-state index contributed by atoms with van der Waals surface area (Å²) in [6.45, 7) is 5.03. The van der Waals surface area contributed by atoms with Gasteiger partial charge in [-0.15, -0.1) is 0 Å². The average Bonchev–Trinajstić information content (AvgIpc) is 2.24. The van der Waals surface area contributed by atoms with Gasteiger partial charge >= 0.3 is 0 Å². The Bertz CT molecular complexity index is 368. The largest absolute Gasteiger partial charge is 0.298 e. The molecule has 0 radical (unpaired) electrons. The molecule has 0 aromatic heterocycles. The first-order valence-corrected chi connectivity index (χ1v) is 5.52. The van der Waals surface area contributed by atoms with Crippen LogP contribution in [0.15, 0.2) is 24.3 Å². The molecule has 0 fully saturated rings. The van der Waals surface area contributed by atoms with E-state index in [0.717, 1.165) is 13.0 Å².